The van der Waals surface area contributed by atoms with Crippen molar-refractivity contribution in [3.8, 4) is 11.5 Å². The van der Waals surface area contributed by atoms with Crippen LogP contribution < -0.4 is 4.74 Å². The van der Waals surface area contributed by atoms with E-state index in [0.29, 0.717) is 16.2 Å². The first kappa shape index (κ1) is 17.8. The second-order valence-corrected chi connectivity index (χ2v) is 7.44. The van der Waals surface area contributed by atoms with Gasteiger partial charge in [0, 0.05) is 9.13 Å². The molecule has 0 unspecified atom stereocenters. The van der Waals surface area contributed by atoms with Crippen LogP contribution in [0.15, 0.2) is 53.4 Å². The van der Waals surface area contributed by atoms with E-state index >= 15 is 0 Å². The fraction of sp³-hybridized carbons (Fsp3) is 0.111. The third kappa shape index (κ3) is 4.35. The summed E-state index contributed by atoms with van der Waals surface area (Å²) in [5.74, 6) is 0.387. The van der Waals surface area contributed by atoms with Crippen LogP contribution in [0.2, 0.25) is 0 Å². The number of aromatic hydroxyl groups is 1. The van der Waals surface area contributed by atoms with Crippen molar-refractivity contribution >= 4 is 51.6 Å². The standard InChI is InChI=1S/C18H14INO4S/c19-13-6-7-15(21)12(10-13)11-16-17(22)20(18(23)25-16)8-9-24-14-4-2-1-3-5-14/h1-7,10-11,21H,8-9H2/b16-11-. The Hall–Kier alpha value is -2.00. The summed E-state index contributed by atoms with van der Waals surface area (Å²) in [5, 5.41) is 9.56. The van der Waals surface area contributed by atoms with Crippen molar-refractivity contribution in [2.45, 2.75) is 0 Å². The monoisotopic (exact) mass is 467 g/mol. The molecule has 1 saturated heterocycles. The van der Waals surface area contributed by atoms with E-state index in [1.165, 1.54) is 0 Å². The maximum Gasteiger partial charge on any atom is 0.293 e. The number of carbonyl (C=O) groups excluding carboxylic acids is 2. The molecule has 128 valence electrons. The SMILES string of the molecule is O=C1S/C(=C\c2cc(I)ccc2O)C(=O)N1CCOc1ccccc1. The molecule has 1 fully saturated rings. The Labute approximate surface area is 162 Å². The molecule has 1 N–H and O–H groups in total. The van der Waals surface area contributed by atoms with Gasteiger partial charge in [-0.25, -0.2) is 0 Å². The Bertz CT molecular complexity index is 838. The fourth-order valence-corrected chi connectivity index (χ4v) is 3.62. The summed E-state index contributed by atoms with van der Waals surface area (Å²) in [4.78, 5) is 26.0. The van der Waals surface area contributed by atoms with Crippen LogP contribution >= 0.6 is 34.4 Å². The molecule has 0 spiro atoms. The van der Waals surface area contributed by atoms with E-state index in [-0.39, 0.29) is 30.0 Å². The number of rotatable bonds is 5. The van der Waals surface area contributed by atoms with E-state index in [9.17, 15) is 14.7 Å². The third-order valence-electron chi connectivity index (χ3n) is 3.48. The molecule has 0 aromatic heterocycles. The zero-order chi connectivity index (χ0) is 17.8. The number of benzene rings is 2. The molecule has 1 aliphatic heterocycles. The van der Waals surface area contributed by atoms with Crippen LogP contribution in [0.3, 0.4) is 0 Å². The number of thioether (sulfide) groups is 1. The van der Waals surface area contributed by atoms with E-state index in [2.05, 4.69) is 22.6 Å². The Morgan fingerprint density at radius 1 is 1.16 bits per heavy atom. The molecule has 7 heteroatoms. The Morgan fingerprint density at radius 2 is 1.92 bits per heavy atom. The quantitative estimate of drug-likeness (QED) is 0.530. The van der Waals surface area contributed by atoms with E-state index < -0.39 is 0 Å². The van der Waals surface area contributed by atoms with Gasteiger partial charge in [0.2, 0.25) is 0 Å². The third-order valence-corrected chi connectivity index (χ3v) is 5.05. The molecule has 25 heavy (non-hydrogen) atoms. The molecule has 0 radical (unpaired) electrons. The summed E-state index contributed by atoms with van der Waals surface area (Å²) in [6.07, 6.45) is 1.54. The van der Waals surface area contributed by atoms with E-state index in [4.69, 9.17) is 4.74 Å². The van der Waals surface area contributed by atoms with Gasteiger partial charge < -0.3 is 9.84 Å². The molecule has 2 aromatic carbocycles. The Kier molecular flexibility index (Phi) is 5.64. The van der Waals surface area contributed by atoms with Crippen LogP contribution in [-0.2, 0) is 4.79 Å². The van der Waals surface area contributed by atoms with Crippen LogP contribution in [0, 0.1) is 3.57 Å². The smallest absolute Gasteiger partial charge is 0.293 e. The molecule has 0 atom stereocenters. The lowest BCUT2D eigenvalue weighted by Crippen LogP contribution is -2.32. The predicted octanol–water partition coefficient (Wildman–Crippen LogP) is 4.11. The van der Waals surface area contributed by atoms with Crippen molar-refractivity contribution in [3.63, 3.8) is 0 Å². The number of imide groups is 1. The first-order chi connectivity index (χ1) is 12.0. The average Bonchev–Trinajstić information content (AvgIpc) is 2.86. The highest BCUT2D eigenvalue weighted by molar-refractivity contribution is 14.1. The van der Waals surface area contributed by atoms with Gasteiger partial charge in [-0.1, -0.05) is 18.2 Å². The van der Waals surface area contributed by atoms with Crippen molar-refractivity contribution in [3.05, 3.63) is 62.6 Å². The Balaban J connectivity index is 1.67. The van der Waals surface area contributed by atoms with Crippen LogP contribution in [-0.4, -0.2) is 34.3 Å². The highest BCUT2D eigenvalue weighted by Gasteiger charge is 2.34. The lowest BCUT2D eigenvalue weighted by atomic mass is 10.2. The van der Waals surface area contributed by atoms with E-state index in [1.54, 1.807) is 24.3 Å². The van der Waals surface area contributed by atoms with Crippen LogP contribution in [0.1, 0.15) is 5.56 Å². The second kappa shape index (κ2) is 7.92. The molecular weight excluding hydrogens is 453 g/mol. The number of amides is 2. The minimum Gasteiger partial charge on any atom is -0.507 e. The summed E-state index contributed by atoms with van der Waals surface area (Å²) < 4.78 is 6.47. The molecule has 2 amide bonds. The first-order valence-electron chi connectivity index (χ1n) is 7.46. The summed E-state index contributed by atoms with van der Waals surface area (Å²) >= 11 is 2.99. The summed E-state index contributed by atoms with van der Waals surface area (Å²) in [7, 11) is 0. The molecule has 0 aliphatic carbocycles. The van der Waals surface area contributed by atoms with Crippen LogP contribution in [0.5, 0.6) is 11.5 Å². The van der Waals surface area contributed by atoms with Gasteiger partial charge in [0.1, 0.15) is 18.1 Å². The van der Waals surface area contributed by atoms with Crippen molar-refractivity contribution in [2.24, 2.45) is 0 Å². The van der Waals surface area contributed by atoms with Crippen molar-refractivity contribution in [1.29, 1.82) is 0 Å². The largest absolute Gasteiger partial charge is 0.507 e. The number of carbonyl (C=O) groups is 2. The number of hydrogen-bond acceptors (Lipinski definition) is 5. The minimum atomic E-state index is -0.370. The molecule has 3 rings (SSSR count). The van der Waals surface area contributed by atoms with Crippen LogP contribution in [0.25, 0.3) is 6.08 Å². The number of phenols is 1. The van der Waals surface area contributed by atoms with Gasteiger partial charge in [-0.05, 0) is 70.8 Å². The number of phenolic OH excluding ortho intramolecular Hbond substituents is 1. The first-order valence-corrected chi connectivity index (χ1v) is 9.36. The lowest BCUT2D eigenvalue weighted by Gasteiger charge is -2.13. The molecule has 0 saturated carbocycles. The second-order valence-electron chi connectivity index (χ2n) is 5.20. The number of hydrogen-bond donors (Lipinski definition) is 1. The van der Waals surface area contributed by atoms with Gasteiger partial charge >= 0.3 is 0 Å². The van der Waals surface area contributed by atoms with E-state index in [0.717, 1.165) is 20.2 Å². The van der Waals surface area contributed by atoms with Crippen molar-refractivity contribution in [1.82, 2.24) is 4.90 Å². The molecule has 1 heterocycles. The normalized spacial score (nSPS) is 15.9. The maximum absolute atomic E-state index is 12.4. The van der Waals surface area contributed by atoms with Crippen molar-refractivity contribution < 1.29 is 19.4 Å². The molecule has 0 bridgehead atoms. The average molecular weight is 467 g/mol. The van der Waals surface area contributed by atoms with Gasteiger partial charge in [0.15, 0.2) is 0 Å². The number of nitrogens with zero attached hydrogens (tertiary/aromatic N) is 1. The summed E-state index contributed by atoms with van der Waals surface area (Å²) in [5.41, 5.74) is 0.512. The van der Waals surface area contributed by atoms with E-state index in [1.807, 2.05) is 30.3 Å². The highest BCUT2D eigenvalue weighted by atomic mass is 127. The number of para-hydroxylation sites is 1. The molecule has 5 nitrogen and oxygen atoms in total. The number of ether oxygens (including phenoxy) is 1. The van der Waals surface area contributed by atoms with Gasteiger partial charge in [-0.15, -0.1) is 0 Å². The molecule has 1 aliphatic rings. The molecule has 2 aromatic rings. The zero-order valence-electron chi connectivity index (χ0n) is 13.0. The van der Waals surface area contributed by atoms with Gasteiger partial charge in [0.05, 0.1) is 11.4 Å². The zero-order valence-corrected chi connectivity index (χ0v) is 16.0. The summed E-state index contributed by atoms with van der Waals surface area (Å²) in [6, 6.07) is 14.3. The predicted molar refractivity (Wildman–Crippen MR) is 105 cm³/mol. The van der Waals surface area contributed by atoms with Gasteiger partial charge in [-0.3, -0.25) is 14.5 Å². The Morgan fingerprint density at radius 3 is 2.68 bits per heavy atom. The van der Waals surface area contributed by atoms with Crippen LogP contribution in [0.4, 0.5) is 4.79 Å². The van der Waals surface area contributed by atoms with Gasteiger partial charge in [0.25, 0.3) is 11.1 Å². The lowest BCUT2D eigenvalue weighted by molar-refractivity contribution is -0.123. The highest BCUT2D eigenvalue weighted by Crippen LogP contribution is 2.34. The fourth-order valence-electron chi connectivity index (χ4n) is 2.25. The van der Waals surface area contributed by atoms with Crippen molar-refractivity contribution in [2.75, 3.05) is 13.2 Å². The topological polar surface area (TPSA) is 66.8 Å². The van der Waals surface area contributed by atoms with Gasteiger partial charge in [-0.2, -0.15) is 0 Å². The number of halogens is 1. The minimum absolute atomic E-state index is 0.0691. The maximum atomic E-state index is 12.4. The summed E-state index contributed by atoms with van der Waals surface area (Å²) in [6.45, 7) is 0.402. The molecular formula is C18H14INO4S.